The minimum absolute atomic E-state index is 0.0298. The summed E-state index contributed by atoms with van der Waals surface area (Å²) in [5.74, 6) is -0.263. The van der Waals surface area contributed by atoms with Crippen LogP contribution in [0.3, 0.4) is 0 Å². The van der Waals surface area contributed by atoms with E-state index < -0.39 is 21.8 Å². The Bertz CT molecular complexity index is 623. The first-order valence-electron chi connectivity index (χ1n) is 6.06. The molecule has 1 unspecified atom stereocenters. The van der Waals surface area contributed by atoms with Gasteiger partial charge in [0, 0.05) is 5.41 Å². The number of amides is 1. The van der Waals surface area contributed by atoms with Gasteiger partial charge in [0.2, 0.25) is 5.88 Å². The molecule has 0 saturated heterocycles. The summed E-state index contributed by atoms with van der Waals surface area (Å²) in [4.78, 5) is 19.8. The molecule has 0 spiro atoms. The second-order valence-corrected chi connectivity index (χ2v) is 6.58. The molecule has 0 radical (unpaired) electrons. The third kappa shape index (κ3) is 3.77. The molecule has 2 heterocycles. The van der Waals surface area contributed by atoms with Gasteiger partial charge in [-0.2, -0.15) is 0 Å². The van der Waals surface area contributed by atoms with Crippen molar-refractivity contribution in [2.24, 2.45) is 0 Å². The number of hydrogen-bond donors (Lipinski definition) is 1. The zero-order valence-corrected chi connectivity index (χ0v) is 11.9. The van der Waals surface area contributed by atoms with Crippen molar-refractivity contribution in [2.75, 3.05) is 5.75 Å². The smallest absolute Gasteiger partial charge is 0.271 e. The second-order valence-electron chi connectivity index (χ2n) is 4.64. The van der Waals surface area contributed by atoms with Gasteiger partial charge in [0.05, 0.1) is 30.3 Å². The van der Waals surface area contributed by atoms with Crippen molar-refractivity contribution in [1.82, 2.24) is 15.3 Å². The minimum Gasteiger partial charge on any atom is -0.474 e. The van der Waals surface area contributed by atoms with Crippen LogP contribution in [-0.2, 0) is 9.84 Å². The zero-order valence-electron chi connectivity index (χ0n) is 11.1. The van der Waals surface area contributed by atoms with Crippen LogP contribution in [0.15, 0.2) is 23.9 Å². The number of sulfone groups is 1. The fourth-order valence-corrected chi connectivity index (χ4v) is 2.88. The van der Waals surface area contributed by atoms with E-state index in [1.165, 1.54) is 18.5 Å². The Labute approximate surface area is 117 Å². The molecule has 2 rings (SSSR count). The van der Waals surface area contributed by atoms with Crippen molar-refractivity contribution in [3.8, 4) is 5.88 Å². The van der Waals surface area contributed by atoms with Gasteiger partial charge >= 0.3 is 0 Å². The summed E-state index contributed by atoms with van der Waals surface area (Å²) < 4.78 is 27.8. The van der Waals surface area contributed by atoms with Crippen LogP contribution in [-0.4, -0.2) is 42.2 Å². The fourth-order valence-electron chi connectivity index (χ4n) is 1.64. The first-order chi connectivity index (χ1) is 9.35. The normalized spacial score (nSPS) is 20.1. The van der Waals surface area contributed by atoms with E-state index in [1.807, 2.05) is 13.8 Å². The number of nitrogens with one attached hydrogen (secondary N) is 1. The zero-order chi connectivity index (χ0) is 14.8. The van der Waals surface area contributed by atoms with E-state index in [1.54, 1.807) is 0 Å². The minimum atomic E-state index is -3.19. The molecule has 0 aromatic carbocycles. The van der Waals surface area contributed by atoms with Crippen molar-refractivity contribution in [3.05, 3.63) is 29.6 Å². The lowest BCUT2D eigenvalue weighted by Gasteiger charge is -2.10. The van der Waals surface area contributed by atoms with E-state index in [0.29, 0.717) is 5.88 Å². The summed E-state index contributed by atoms with van der Waals surface area (Å²) in [7, 11) is -3.19. The Morgan fingerprint density at radius 2 is 2.15 bits per heavy atom. The van der Waals surface area contributed by atoms with Crippen molar-refractivity contribution in [3.63, 3.8) is 0 Å². The summed E-state index contributed by atoms with van der Waals surface area (Å²) in [5, 5.41) is 3.66. The van der Waals surface area contributed by atoms with Gasteiger partial charge in [-0.15, -0.1) is 0 Å². The predicted octanol–water partition coefficient (Wildman–Crippen LogP) is 0.304. The lowest BCUT2D eigenvalue weighted by Crippen LogP contribution is -2.36. The van der Waals surface area contributed by atoms with Crippen LogP contribution in [0.25, 0.3) is 0 Å². The average molecular weight is 297 g/mol. The SMILES string of the molecule is CC(C)Oc1cnc(C(=O)NC2C=CS(=O)(=O)C2)cn1. The van der Waals surface area contributed by atoms with Gasteiger partial charge in [0.1, 0.15) is 5.69 Å². The number of carbonyl (C=O) groups excluding carboxylic acids is 1. The molecule has 8 heteroatoms. The molecule has 1 aliphatic rings. The molecule has 1 aromatic heterocycles. The van der Waals surface area contributed by atoms with Crippen molar-refractivity contribution >= 4 is 15.7 Å². The lowest BCUT2D eigenvalue weighted by atomic mass is 10.3. The molecule has 1 aromatic rings. The molecule has 0 aliphatic carbocycles. The summed E-state index contributed by atoms with van der Waals surface area (Å²) in [6.07, 6.45) is 4.06. The van der Waals surface area contributed by atoms with Crippen LogP contribution in [0, 0.1) is 0 Å². The molecule has 1 aliphatic heterocycles. The highest BCUT2D eigenvalue weighted by atomic mass is 32.2. The predicted molar refractivity (Wildman–Crippen MR) is 72.0 cm³/mol. The maximum atomic E-state index is 11.9. The molecule has 0 fully saturated rings. The monoisotopic (exact) mass is 297 g/mol. The van der Waals surface area contributed by atoms with Crippen molar-refractivity contribution in [1.29, 1.82) is 0 Å². The van der Waals surface area contributed by atoms with Crippen molar-refractivity contribution in [2.45, 2.75) is 26.0 Å². The molecule has 1 atom stereocenters. The molecule has 0 saturated carbocycles. The first-order valence-corrected chi connectivity index (χ1v) is 7.78. The van der Waals surface area contributed by atoms with E-state index in [-0.39, 0.29) is 17.6 Å². The highest BCUT2D eigenvalue weighted by Crippen LogP contribution is 2.10. The summed E-state index contributed by atoms with van der Waals surface area (Å²) >= 11 is 0. The number of carbonyl (C=O) groups is 1. The molecule has 1 N–H and O–H groups in total. The standard InChI is InChI=1S/C12H15N3O4S/c1-8(2)19-11-6-13-10(5-14-11)12(16)15-9-3-4-20(17,18)7-9/h3-6,8-9H,7H2,1-2H3,(H,15,16). The van der Waals surface area contributed by atoms with Gasteiger partial charge in [-0.1, -0.05) is 0 Å². The molecule has 0 bridgehead atoms. The summed E-state index contributed by atoms with van der Waals surface area (Å²) in [6.45, 7) is 3.71. The fraction of sp³-hybridized carbons (Fsp3) is 0.417. The molecule has 7 nitrogen and oxygen atoms in total. The van der Waals surface area contributed by atoms with E-state index in [2.05, 4.69) is 15.3 Å². The highest BCUT2D eigenvalue weighted by molar-refractivity contribution is 7.94. The van der Waals surface area contributed by atoms with Crippen molar-refractivity contribution < 1.29 is 17.9 Å². The van der Waals surface area contributed by atoms with Crippen LogP contribution in [0.5, 0.6) is 5.88 Å². The largest absolute Gasteiger partial charge is 0.474 e. The van der Waals surface area contributed by atoms with Crippen LogP contribution in [0.2, 0.25) is 0 Å². The number of ether oxygens (including phenoxy) is 1. The number of nitrogens with zero attached hydrogens (tertiary/aromatic N) is 2. The molecule has 108 valence electrons. The highest BCUT2D eigenvalue weighted by Gasteiger charge is 2.23. The van der Waals surface area contributed by atoms with Gasteiger partial charge in [-0.25, -0.2) is 18.4 Å². The molecule has 1 amide bonds. The Hall–Kier alpha value is -1.96. The number of hydrogen-bond acceptors (Lipinski definition) is 6. The van der Waals surface area contributed by atoms with Crippen LogP contribution in [0.1, 0.15) is 24.3 Å². The Kier molecular flexibility index (Phi) is 4.03. The van der Waals surface area contributed by atoms with E-state index >= 15 is 0 Å². The quantitative estimate of drug-likeness (QED) is 0.858. The van der Waals surface area contributed by atoms with E-state index in [4.69, 9.17) is 4.74 Å². The van der Waals surface area contributed by atoms with Crippen LogP contribution >= 0.6 is 0 Å². The summed E-state index contributed by atoms with van der Waals surface area (Å²) in [6, 6.07) is -0.527. The van der Waals surface area contributed by atoms with Crippen LogP contribution in [0.4, 0.5) is 0 Å². The van der Waals surface area contributed by atoms with Crippen LogP contribution < -0.4 is 10.1 Å². The van der Waals surface area contributed by atoms with E-state index in [0.717, 1.165) is 5.41 Å². The van der Waals surface area contributed by atoms with Gasteiger partial charge in [-0.05, 0) is 19.9 Å². The molecule has 20 heavy (non-hydrogen) atoms. The van der Waals surface area contributed by atoms with Gasteiger partial charge in [0.25, 0.3) is 5.91 Å². The topological polar surface area (TPSA) is 98.2 Å². The van der Waals surface area contributed by atoms with E-state index in [9.17, 15) is 13.2 Å². The van der Waals surface area contributed by atoms with Gasteiger partial charge < -0.3 is 10.1 Å². The third-order valence-corrected chi connectivity index (χ3v) is 3.86. The maximum absolute atomic E-state index is 11.9. The average Bonchev–Trinajstić information content (AvgIpc) is 2.68. The Morgan fingerprint density at radius 3 is 2.65 bits per heavy atom. The number of rotatable bonds is 4. The Balaban J connectivity index is 1.98. The summed E-state index contributed by atoms with van der Waals surface area (Å²) in [5.41, 5.74) is 0.110. The Morgan fingerprint density at radius 1 is 1.40 bits per heavy atom. The van der Waals surface area contributed by atoms with Gasteiger partial charge in [0.15, 0.2) is 9.84 Å². The second kappa shape index (κ2) is 5.58. The van der Waals surface area contributed by atoms with Gasteiger partial charge in [-0.3, -0.25) is 4.79 Å². The third-order valence-electron chi connectivity index (χ3n) is 2.46. The molecular formula is C12H15N3O4S. The number of aromatic nitrogens is 2. The molecular weight excluding hydrogens is 282 g/mol. The lowest BCUT2D eigenvalue weighted by molar-refractivity contribution is 0.0942. The first kappa shape index (κ1) is 14.4. The maximum Gasteiger partial charge on any atom is 0.271 e.